The maximum absolute atomic E-state index is 12.9. The van der Waals surface area contributed by atoms with E-state index in [0.29, 0.717) is 11.2 Å². The van der Waals surface area contributed by atoms with Gasteiger partial charge < -0.3 is 0 Å². The number of benzene rings is 1. The van der Waals surface area contributed by atoms with Crippen LogP contribution in [-0.2, 0) is 17.3 Å². The summed E-state index contributed by atoms with van der Waals surface area (Å²) in [6.07, 6.45) is 17.6. The molecule has 27 heavy (non-hydrogen) atoms. The highest BCUT2D eigenvalue weighted by molar-refractivity contribution is 6.02. The van der Waals surface area contributed by atoms with Gasteiger partial charge in [0, 0.05) is 22.3 Å². The van der Waals surface area contributed by atoms with Gasteiger partial charge in [-0.1, -0.05) is 25.1 Å². The largest absolute Gasteiger partial charge is 0.294 e. The lowest BCUT2D eigenvalue weighted by molar-refractivity contribution is 0.0946. The molecule has 1 aromatic rings. The van der Waals surface area contributed by atoms with E-state index >= 15 is 0 Å². The van der Waals surface area contributed by atoms with Gasteiger partial charge >= 0.3 is 0 Å². The van der Waals surface area contributed by atoms with E-state index in [1.54, 1.807) is 11.1 Å². The second-order valence-electron chi connectivity index (χ2n) is 10.8. The van der Waals surface area contributed by atoms with E-state index in [1.807, 2.05) is 0 Å². The van der Waals surface area contributed by atoms with Crippen molar-refractivity contribution in [3.8, 4) is 0 Å². The number of Topliss-reactive ketones (excluding diaryl/α,β-unsaturated/α-hetero) is 1. The third-order valence-corrected chi connectivity index (χ3v) is 9.06. The fourth-order valence-electron chi connectivity index (χ4n) is 7.24. The summed E-state index contributed by atoms with van der Waals surface area (Å²) in [5.41, 5.74) is 6.34. The highest BCUT2D eigenvalue weighted by atomic mass is 16.1. The van der Waals surface area contributed by atoms with Gasteiger partial charge in [0.05, 0.1) is 0 Å². The average Bonchev–Trinajstić information content (AvgIpc) is 3.53. The van der Waals surface area contributed by atoms with Gasteiger partial charge in [-0.15, -0.1) is 0 Å². The molecule has 1 atom stereocenters. The van der Waals surface area contributed by atoms with Crippen molar-refractivity contribution in [3.05, 3.63) is 46.5 Å². The molecule has 0 heterocycles. The number of hydrogen-bond acceptors (Lipinski definition) is 1. The van der Waals surface area contributed by atoms with Gasteiger partial charge in [0.15, 0.2) is 5.78 Å². The summed E-state index contributed by atoms with van der Waals surface area (Å²) in [4.78, 5) is 12.9. The molecule has 6 aliphatic carbocycles. The lowest BCUT2D eigenvalue weighted by Gasteiger charge is -2.46. The number of carbonyl (C=O) groups is 1. The van der Waals surface area contributed by atoms with E-state index in [1.165, 1.54) is 56.9 Å². The van der Waals surface area contributed by atoms with Crippen molar-refractivity contribution in [2.45, 2.75) is 75.5 Å². The van der Waals surface area contributed by atoms with Crippen LogP contribution in [0.4, 0.5) is 0 Å². The summed E-state index contributed by atoms with van der Waals surface area (Å²) >= 11 is 0. The van der Waals surface area contributed by atoms with Crippen LogP contribution in [0.3, 0.4) is 0 Å². The van der Waals surface area contributed by atoms with Crippen LogP contribution >= 0.6 is 0 Å². The zero-order chi connectivity index (χ0) is 18.0. The molecule has 7 rings (SSSR count). The minimum absolute atomic E-state index is 0.185. The second kappa shape index (κ2) is 4.78. The minimum atomic E-state index is 0.185. The topological polar surface area (TPSA) is 17.1 Å². The summed E-state index contributed by atoms with van der Waals surface area (Å²) in [5.74, 6) is 4.00. The van der Waals surface area contributed by atoms with Gasteiger partial charge in [-0.05, 0) is 104 Å². The van der Waals surface area contributed by atoms with Crippen molar-refractivity contribution in [2.24, 2.45) is 29.6 Å². The Balaban J connectivity index is 1.51. The first-order chi connectivity index (χ1) is 13.1. The Hall–Kier alpha value is -1.37. The lowest BCUT2D eigenvalue weighted by Crippen LogP contribution is -2.42. The van der Waals surface area contributed by atoms with Gasteiger partial charge in [0.25, 0.3) is 0 Å². The highest BCUT2D eigenvalue weighted by Gasteiger charge is 2.62. The van der Waals surface area contributed by atoms with E-state index in [0.717, 1.165) is 35.7 Å². The predicted molar refractivity (Wildman–Crippen MR) is 107 cm³/mol. The van der Waals surface area contributed by atoms with Crippen molar-refractivity contribution in [3.63, 3.8) is 0 Å². The number of fused-ring (bicyclic) bond motifs is 2. The number of rotatable bonds is 4. The van der Waals surface area contributed by atoms with Crippen LogP contribution < -0.4 is 0 Å². The average molecular weight is 359 g/mol. The van der Waals surface area contributed by atoms with E-state index in [4.69, 9.17) is 0 Å². The predicted octanol–water partition coefficient (Wildman–Crippen LogP) is 5.75. The van der Waals surface area contributed by atoms with E-state index in [-0.39, 0.29) is 11.3 Å². The lowest BCUT2D eigenvalue weighted by atomic mass is 9.57. The van der Waals surface area contributed by atoms with Crippen molar-refractivity contribution >= 4 is 5.78 Å². The number of carbonyl (C=O) groups excluding carboxylic acids is 1. The molecule has 0 amide bonds. The molecular weight excluding hydrogens is 328 g/mol. The van der Waals surface area contributed by atoms with Crippen LogP contribution in [0.15, 0.2) is 24.3 Å². The number of hydrogen-bond donors (Lipinski definition) is 0. The summed E-state index contributed by atoms with van der Waals surface area (Å²) in [5, 5.41) is 0. The molecule has 0 aromatic heterocycles. The standard InChI is InChI=1S/C26H30O/c1-15-12-16-13-22-23(14-21(16)24(15)27)26(19-6-7-19,20-8-9-20)11-10-25(22,17-2-3-17)18-4-5-18/h10-11,13-15,17-20H,2-9,12H2,1H3. The molecule has 1 aromatic carbocycles. The Kier molecular flexibility index (Phi) is 2.75. The molecule has 1 nitrogen and oxygen atoms in total. The third-order valence-electron chi connectivity index (χ3n) is 9.06. The Morgan fingerprint density at radius 2 is 1.19 bits per heavy atom. The molecule has 0 spiro atoms. The van der Waals surface area contributed by atoms with Gasteiger partial charge in [-0.3, -0.25) is 4.79 Å². The fraction of sp³-hybridized carbons (Fsp3) is 0.654. The van der Waals surface area contributed by atoms with Crippen molar-refractivity contribution in [1.29, 1.82) is 0 Å². The van der Waals surface area contributed by atoms with Gasteiger partial charge in [0.1, 0.15) is 0 Å². The van der Waals surface area contributed by atoms with Crippen LogP contribution in [0.5, 0.6) is 0 Å². The molecule has 1 unspecified atom stereocenters. The summed E-state index contributed by atoms with van der Waals surface area (Å²) < 4.78 is 0. The van der Waals surface area contributed by atoms with Crippen LogP contribution in [0.25, 0.3) is 0 Å². The zero-order valence-electron chi connectivity index (χ0n) is 16.5. The molecule has 0 aliphatic heterocycles. The van der Waals surface area contributed by atoms with Crippen LogP contribution in [-0.4, -0.2) is 5.78 Å². The van der Waals surface area contributed by atoms with E-state index in [2.05, 4.69) is 31.2 Å². The Labute approximate surface area is 162 Å². The molecule has 4 fully saturated rings. The van der Waals surface area contributed by atoms with Crippen LogP contribution in [0.2, 0.25) is 0 Å². The summed E-state index contributed by atoms with van der Waals surface area (Å²) in [6, 6.07) is 5.00. The monoisotopic (exact) mass is 358 g/mol. The van der Waals surface area contributed by atoms with Crippen molar-refractivity contribution in [2.75, 3.05) is 0 Å². The van der Waals surface area contributed by atoms with Crippen molar-refractivity contribution < 1.29 is 4.79 Å². The van der Waals surface area contributed by atoms with Gasteiger partial charge in [0.2, 0.25) is 0 Å². The van der Waals surface area contributed by atoms with Crippen molar-refractivity contribution in [1.82, 2.24) is 0 Å². The molecule has 0 N–H and O–H groups in total. The SMILES string of the molecule is CC1Cc2cc3c(cc2C1=O)C(C1CC1)(C1CC1)C=CC3(C1CC1)C1CC1. The number of ketones is 1. The zero-order valence-corrected chi connectivity index (χ0v) is 16.5. The first-order valence-electron chi connectivity index (χ1n) is 11.6. The van der Waals surface area contributed by atoms with Crippen LogP contribution in [0, 0.1) is 29.6 Å². The Morgan fingerprint density at radius 3 is 1.63 bits per heavy atom. The maximum atomic E-state index is 12.9. The normalized spacial score (nSPS) is 33.1. The quantitative estimate of drug-likeness (QED) is 0.627. The first kappa shape index (κ1) is 15.5. The fourth-order valence-corrected chi connectivity index (χ4v) is 7.24. The molecule has 1 heteroatoms. The first-order valence-corrected chi connectivity index (χ1v) is 11.6. The van der Waals surface area contributed by atoms with Crippen LogP contribution in [0.1, 0.15) is 85.3 Å². The second-order valence-corrected chi connectivity index (χ2v) is 10.8. The van der Waals surface area contributed by atoms with E-state index in [9.17, 15) is 4.79 Å². The Bertz CT molecular complexity index is 865. The molecule has 0 radical (unpaired) electrons. The highest BCUT2D eigenvalue weighted by Crippen LogP contribution is 2.68. The number of allylic oxidation sites excluding steroid dienone is 2. The maximum Gasteiger partial charge on any atom is 0.166 e. The van der Waals surface area contributed by atoms with E-state index < -0.39 is 0 Å². The smallest absolute Gasteiger partial charge is 0.166 e. The van der Waals surface area contributed by atoms with Gasteiger partial charge in [-0.25, -0.2) is 0 Å². The third kappa shape index (κ3) is 1.89. The molecule has 0 bridgehead atoms. The molecule has 6 aliphatic rings. The molecule has 0 saturated heterocycles. The summed E-state index contributed by atoms with van der Waals surface area (Å²) in [7, 11) is 0. The molecule has 4 saturated carbocycles. The Morgan fingerprint density at radius 1 is 0.741 bits per heavy atom. The van der Waals surface area contributed by atoms with Gasteiger partial charge in [-0.2, -0.15) is 0 Å². The molecular formula is C26H30O. The minimum Gasteiger partial charge on any atom is -0.294 e. The summed E-state index contributed by atoms with van der Waals surface area (Å²) in [6.45, 7) is 2.13. The molecule has 140 valence electrons.